The van der Waals surface area contributed by atoms with Crippen molar-refractivity contribution in [2.45, 2.75) is 39.8 Å². The SMILES string of the molecule is CCc1sc(=O)n(CC(=O)O)c1-c1ccc(OC(C)C)cc1. The van der Waals surface area contributed by atoms with E-state index < -0.39 is 5.97 Å². The number of carboxylic acids is 1. The zero-order chi connectivity index (χ0) is 16.3. The number of rotatable bonds is 6. The van der Waals surface area contributed by atoms with Gasteiger partial charge in [-0.15, -0.1) is 0 Å². The first-order valence-electron chi connectivity index (χ1n) is 7.13. The number of carbonyl (C=O) groups is 1. The van der Waals surface area contributed by atoms with Crippen molar-refractivity contribution in [1.82, 2.24) is 4.57 Å². The first kappa shape index (κ1) is 16.3. The van der Waals surface area contributed by atoms with Gasteiger partial charge in [0.15, 0.2) is 0 Å². The van der Waals surface area contributed by atoms with Gasteiger partial charge in [-0.25, -0.2) is 0 Å². The number of nitrogens with zero attached hydrogens (tertiary/aromatic N) is 1. The Balaban J connectivity index is 2.46. The van der Waals surface area contributed by atoms with E-state index in [1.54, 1.807) is 0 Å². The van der Waals surface area contributed by atoms with E-state index >= 15 is 0 Å². The second-order valence-electron chi connectivity index (χ2n) is 5.16. The van der Waals surface area contributed by atoms with Crippen LogP contribution in [0.4, 0.5) is 0 Å². The van der Waals surface area contributed by atoms with Gasteiger partial charge >= 0.3 is 10.8 Å². The molecule has 0 aliphatic carbocycles. The normalized spacial score (nSPS) is 10.9. The highest BCUT2D eigenvalue weighted by Gasteiger charge is 2.17. The monoisotopic (exact) mass is 321 g/mol. The largest absolute Gasteiger partial charge is 0.491 e. The van der Waals surface area contributed by atoms with Crippen molar-refractivity contribution in [2.75, 3.05) is 0 Å². The molecule has 1 heterocycles. The minimum atomic E-state index is -1.02. The van der Waals surface area contributed by atoms with E-state index in [9.17, 15) is 9.59 Å². The summed E-state index contributed by atoms with van der Waals surface area (Å²) in [7, 11) is 0. The van der Waals surface area contributed by atoms with Gasteiger partial charge in [0.25, 0.3) is 0 Å². The van der Waals surface area contributed by atoms with Crippen LogP contribution in [0.2, 0.25) is 0 Å². The van der Waals surface area contributed by atoms with Crippen LogP contribution < -0.4 is 9.61 Å². The van der Waals surface area contributed by atoms with Crippen molar-refractivity contribution in [3.05, 3.63) is 38.8 Å². The van der Waals surface area contributed by atoms with Crippen LogP contribution in [0.25, 0.3) is 11.3 Å². The van der Waals surface area contributed by atoms with Crippen molar-refractivity contribution in [2.24, 2.45) is 0 Å². The van der Waals surface area contributed by atoms with Gasteiger partial charge in [0, 0.05) is 4.88 Å². The van der Waals surface area contributed by atoms with E-state index in [2.05, 4.69) is 0 Å². The lowest BCUT2D eigenvalue weighted by atomic mass is 10.1. The van der Waals surface area contributed by atoms with Crippen LogP contribution in [0.5, 0.6) is 5.75 Å². The molecule has 2 aromatic rings. The number of benzene rings is 1. The third kappa shape index (κ3) is 3.57. The van der Waals surface area contributed by atoms with Crippen LogP contribution in [0.1, 0.15) is 25.6 Å². The second-order valence-corrected chi connectivity index (χ2v) is 6.21. The molecule has 0 radical (unpaired) electrons. The van der Waals surface area contributed by atoms with E-state index in [4.69, 9.17) is 9.84 Å². The molecule has 2 rings (SSSR count). The van der Waals surface area contributed by atoms with Crippen molar-refractivity contribution >= 4 is 17.3 Å². The Kier molecular flexibility index (Phi) is 5.03. The number of aliphatic carboxylic acids is 1. The number of aromatic nitrogens is 1. The maximum atomic E-state index is 12.0. The summed E-state index contributed by atoms with van der Waals surface area (Å²) in [5.74, 6) is -0.275. The molecule has 1 aromatic heterocycles. The van der Waals surface area contributed by atoms with Gasteiger partial charge in [0.2, 0.25) is 0 Å². The summed E-state index contributed by atoms with van der Waals surface area (Å²) in [6.45, 7) is 5.53. The Morgan fingerprint density at radius 1 is 1.32 bits per heavy atom. The van der Waals surface area contributed by atoms with Crippen LogP contribution >= 0.6 is 11.3 Å². The molecule has 0 amide bonds. The first-order chi connectivity index (χ1) is 10.4. The Hall–Kier alpha value is -2.08. The predicted molar refractivity (Wildman–Crippen MR) is 86.8 cm³/mol. The minimum absolute atomic E-state index is 0.0865. The molecule has 0 fully saturated rings. The molecular weight excluding hydrogens is 302 g/mol. The number of aryl methyl sites for hydroxylation is 1. The molecule has 0 saturated carbocycles. The van der Waals surface area contributed by atoms with Crippen molar-refractivity contribution in [3.8, 4) is 17.0 Å². The Morgan fingerprint density at radius 2 is 1.95 bits per heavy atom. The standard InChI is InChI=1S/C16H19NO4S/c1-4-13-15(17(9-14(18)19)16(20)22-13)11-5-7-12(8-6-11)21-10(2)3/h5-8,10H,4,9H2,1-3H3,(H,18,19). The summed E-state index contributed by atoms with van der Waals surface area (Å²) in [4.78, 5) is 23.7. The zero-order valence-corrected chi connectivity index (χ0v) is 13.6. The van der Waals surface area contributed by atoms with Crippen molar-refractivity contribution < 1.29 is 14.6 Å². The third-order valence-corrected chi connectivity index (χ3v) is 4.20. The molecule has 0 aliphatic rings. The van der Waals surface area contributed by atoms with Crippen LogP contribution in [-0.4, -0.2) is 21.7 Å². The molecular formula is C16H19NO4S. The van der Waals surface area contributed by atoms with Gasteiger partial charge in [0.1, 0.15) is 12.3 Å². The molecule has 1 N–H and O–H groups in total. The maximum absolute atomic E-state index is 12.0. The number of hydrogen-bond acceptors (Lipinski definition) is 4. The molecule has 0 aliphatic heterocycles. The summed E-state index contributed by atoms with van der Waals surface area (Å²) < 4.78 is 6.93. The lowest BCUT2D eigenvalue weighted by molar-refractivity contribution is -0.137. The van der Waals surface area contributed by atoms with Gasteiger partial charge in [-0.1, -0.05) is 18.3 Å². The highest BCUT2D eigenvalue weighted by Crippen LogP contribution is 2.28. The van der Waals surface area contributed by atoms with E-state index in [-0.39, 0.29) is 17.5 Å². The fourth-order valence-corrected chi connectivity index (χ4v) is 3.20. The minimum Gasteiger partial charge on any atom is -0.491 e. The summed E-state index contributed by atoms with van der Waals surface area (Å²) in [5, 5.41) is 9.01. The first-order valence-corrected chi connectivity index (χ1v) is 7.95. The molecule has 0 saturated heterocycles. The summed E-state index contributed by atoms with van der Waals surface area (Å²) in [6, 6.07) is 7.39. The van der Waals surface area contributed by atoms with Crippen molar-refractivity contribution in [1.29, 1.82) is 0 Å². The Bertz CT molecular complexity index is 713. The second kappa shape index (κ2) is 6.79. The number of hydrogen-bond donors (Lipinski definition) is 1. The van der Waals surface area contributed by atoms with Gasteiger partial charge in [0.05, 0.1) is 11.8 Å². The molecule has 22 heavy (non-hydrogen) atoms. The quantitative estimate of drug-likeness (QED) is 0.888. The molecule has 1 aromatic carbocycles. The van der Waals surface area contributed by atoms with E-state index in [0.29, 0.717) is 12.1 Å². The van der Waals surface area contributed by atoms with Gasteiger partial charge < -0.3 is 9.84 Å². The van der Waals surface area contributed by atoms with Crippen molar-refractivity contribution in [3.63, 3.8) is 0 Å². The summed E-state index contributed by atoms with van der Waals surface area (Å²) >= 11 is 1.11. The molecule has 0 spiro atoms. The highest BCUT2D eigenvalue weighted by molar-refractivity contribution is 7.09. The lowest BCUT2D eigenvalue weighted by Crippen LogP contribution is -2.19. The average Bonchev–Trinajstić information content (AvgIpc) is 2.75. The highest BCUT2D eigenvalue weighted by atomic mass is 32.1. The molecule has 118 valence electrons. The molecule has 5 nitrogen and oxygen atoms in total. The number of carboxylic acid groups (broad SMARTS) is 1. The predicted octanol–water partition coefficient (Wildman–Crippen LogP) is 3.01. The smallest absolute Gasteiger partial charge is 0.323 e. The van der Waals surface area contributed by atoms with E-state index in [1.807, 2.05) is 45.0 Å². The lowest BCUT2D eigenvalue weighted by Gasteiger charge is -2.11. The zero-order valence-electron chi connectivity index (χ0n) is 12.8. The molecule has 6 heteroatoms. The van der Waals surface area contributed by atoms with E-state index in [1.165, 1.54) is 4.57 Å². The average molecular weight is 321 g/mol. The summed E-state index contributed by atoms with van der Waals surface area (Å²) in [6.07, 6.45) is 0.773. The van der Waals surface area contributed by atoms with Gasteiger partial charge in [-0.3, -0.25) is 14.2 Å². The Morgan fingerprint density at radius 3 is 2.45 bits per heavy atom. The maximum Gasteiger partial charge on any atom is 0.323 e. The fraction of sp³-hybridized carbons (Fsp3) is 0.375. The van der Waals surface area contributed by atoms with Crippen LogP contribution in [0.3, 0.4) is 0 Å². The van der Waals surface area contributed by atoms with E-state index in [0.717, 1.165) is 27.5 Å². The van der Waals surface area contributed by atoms with Crippen LogP contribution in [0.15, 0.2) is 29.1 Å². The Labute approximate surface area is 132 Å². The van der Waals surface area contributed by atoms with Crippen LogP contribution in [-0.2, 0) is 17.8 Å². The number of ether oxygens (including phenoxy) is 1. The van der Waals surface area contributed by atoms with Gasteiger partial charge in [-0.05, 0) is 50.1 Å². The topological polar surface area (TPSA) is 68.5 Å². The molecule has 0 atom stereocenters. The number of thiazole rings is 1. The van der Waals surface area contributed by atoms with Crippen LogP contribution in [0, 0.1) is 0 Å². The molecule has 0 unspecified atom stereocenters. The fourth-order valence-electron chi connectivity index (χ4n) is 2.25. The third-order valence-electron chi connectivity index (χ3n) is 3.08. The van der Waals surface area contributed by atoms with Gasteiger partial charge in [-0.2, -0.15) is 0 Å². The summed E-state index contributed by atoms with van der Waals surface area (Å²) in [5.41, 5.74) is 1.52. The molecule has 0 bridgehead atoms.